The number of aromatic nitrogens is 1. The second kappa shape index (κ2) is 4.86. The molecule has 0 aliphatic rings. The molecule has 0 aromatic carbocycles. The predicted octanol–water partition coefficient (Wildman–Crippen LogP) is 1.16. The van der Waals surface area contributed by atoms with Crippen molar-refractivity contribution in [3.8, 4) is 0 Å². The second-order valence-corrected chi connectivity index (χ2v) is 6.34. The standard InChI is InChI=1S/C10H18N2O3S/c1-8-10(9(2)15-11-8)12(3)6-5-7-16(4,13)14/h5-7H2,1-4H3. The van der Waals surface area contributed by atoms with Crippen molar-refractivity contribution in [1.29, 1.82) is 0 Å². The highest BCUT2D eigenvalue weighted by atomic mass is 32.2. The van der Waals surface area contributed by atoms with Gasteiger partial charge in [0.1, 0.15) is 21.2 Å². The van der Waals surface area contributed by atoms with E-state index in [0.717, 1.165) is 17.1 Å². The van der Waals surface area contributed by atoms with Crippen LogP contribution < -0.4 is 4.90 Å². The Balaban J connectivity index is 2.57. The van der Waals surface area contributed by atoms with Crippen molar-refractivity contribution in [2.75, 3.05) is 30.5 Å². The van der Waals surface area contributed by atoms with E-state index in [1.807, 2.05) is 25.8 Å². The van der Waals surface area contributed by atoms with Crippen LogP contribution in [0.15, 0.2) is 4.52 Å². The van der Waals surface area contributed by atoms with E-state index in [9.17, 15) is 8.42 Å². The van der Waals surface area contributed by atoms with Crippen LogP contribution in [0.5, 0.6) is 0 Å². The summed E-state index contributed by atoms with van der Waals surface area (Å²) in [5.41, 5.74) is 1.79. The first kappa shape index (κ1) is 13.0. The van der Waals surface area contributed by atoms with E-state index in [1.54, 1.807) is 0 Å². The molecule has 0 amide bonds. The van der Waals surface area contributed by atoms with Gasteiger partial charge < -0.3 is 9.42 Å². The number of anilines is 1. The van der Waals surface area contributed by atoms with Crippen molar-refractivity contribution in [3.05, 3.63) is 11.5 Å². The van der Waals surface area contributed by atoms with Crippen LogP contribution in [0.2, 0.25) is 0 Å². The highest BCUT2D eigenvalue weighted by molar-refractivity contribution is 7.90. The third-order valence-electron chi connectivity index (χ3n) is 2.39. The molecule has 0 saturated carbocycles. The van der Waals surface area contributed by atoms with Crippen LogP contribution in [0.4, 0.5) is 5.69 Å². The summed E-state index contributed by atoms with van der Waals surface area (Å²) in [6, 6.07) is 0. The lowest BCUT2D eigenvalue weighted by atomic mass is 10.3. The lowest BCUT2D eigenvalue weighted by Gasteiger charge is -2.18. The number of aryl methyl sites for hydroxylation is 2. The Morgan fingerprint density at radius 2 is 2.00 bits per heavy atom. The molecule has 6 heteroatoms. The van der Waals surface area contributed by atoms with Crippen LogP contribution in [0, 0.1) is 13.8 Å². The Bertz CT molecular complexity index is 431. The molecular weight excluding hydrogens is 228 g/mol. The highest BCUT2D eigenvalue weighted by Gasteiger charge is 2.13. The molecule has 0 saturated heterocycles. The van der Waals surface area contributed by atoms with Crippen molar-refractivity contribution < 1.29 is 12.9 Å². The van der Waals surface area contributed by atoms with E-state index in [4.69, 9.17) is 4.52 Å². The molecule has 16 heavy (non-hydrogen) atoms. The third-order valence-corrected chi connectivity index (χ3v) is 3.42. The van der Waals surface area contributed by atoms with E-state index in [-0.39, 0.29) is 5.75 Å². The van der Waals surface area contributed by atoms with Gasteiger partial charge in [-0.2, -0.15) is 0 Å². The molecule has 0 radical (unpaired) electrons. The van der Waals surface area contributed by atoms with E-state index in [0.29, 0.717) is 13.0 Å². The number of hydrogen-bond donors (Lipinski definition) is 0. The van der Waals surface area contributed by atoms with Gasteiger partial charge in [0.2, 0.25) is 0 Å². The van der Waals surface area contributed by atoms with E-state index < -0.39 is 9.84 Å². The summed E-state index contributed by atoms with van der Waals surface area (Å²) in [5, 5.41) is 3.86. The quantitative estimate of drug-likeness (QED) is 0.780. The maximum absolute atomic E-state index is 11.0. The van der Waals surface area contributed by atoms with Crippen LogP contribution in [0.3, 0.4) is 0 Å². The van der Waals surface area contributed by atoms with E-state index >= 15 is 0 Å². The van der Waals surface area contributed by atoms with Crippen LogP contribution >= 0.6 is 0 Å². The molecule has 0 unspecified atom stereocenters. The molecule has 1 aromatic rings. The average molecular weight is 246 g/mol. The van der Waals surface area contributed by atoms with Crippen molar-refractivity contribution >= 4 is 15.5 Å². The summed E-state index contributed by atoms with van der Waals surface area (Å²) in [6.45, 7) is 4.40. The van der Waals surface area contributed by atoms with Gasteiger partial charge in [0.05, 0.1) is 5.75 Å². The molecule has 0 atom stereocenters. The van der Waals surface area contributed by atoms with E-state index in [2.05, 4.69) is 5.16 Å². The fourth-order valence-electron chi connectivity index (χ4n) is 1.70. The molecule has 1 rings (SSSR count). The first-order chi connectivity index (χ1) is 7.31. The Labute approximate surface area is 96.3 Å². The van der Waals surface area contributed by atoms with Gasteiger partial charge in [0, 0.05) is 19.8 Å². The average Bonchev–Trinajstić information content (AvgIpc) is 2.43. The number of sulfone groups is 1. The number of hydrogen-bond acceptors (Lipinski definition) is 5. The summed E-state index contributed by atoms with van der Waals surface area (Å²) in [4.78, 5) is 1.98. The Morgan fingerprint density at radius 3 is 2.44 bits per heavy atom. The van der Waals surface area contributed by atoms with Gasteiger partial charge in [0.15, 0.2) is 5.76 Å². The van der Waals surface area contributed by atoms with Crippen molar-refractivity contribution in [2.45, 2.75) is 20.3 Å². The van der Waals surface area contributed by atoms with Crippen molar-refractivity contribution in [3.63, 3.8) is 0 Å². The molecule has 1 aromatic heterocycles. The number of rotatable bonds is 5. The molecule has 92 valence electrons. The first-order valence-corrected chi connectivity index (χ1v) is 7.19. The minimum absolute atomic E-state index is 0.209. The third kappa shape index (κ3) is 3.52. The Hall–Kier alpha value is -1.04. The number of nitrogens with zero attached hydrogens (tertiary/aromatic N) is 2. The molecule has 0 fully saturated rings. The maximum Gasteiger partial charge on any atom is 0.157 e. The van der Waals surface area contributed by atoms with Crippen LogP contribution in [0.1, 0.15) is 17.9 Å². The van der Waals surface area contributed by atoms with Gasteiger partial charge in [0.25, 0.3) is 0 Å². The lowest BCUT2D eigenvalue weighted by molar-refractivity contribution is 0.393. The Kier molecular flexibility index (Phi) is 3.96. The van der Waals surface area contributed by atoms with Gasteiger partial charge in [-0.3, -0.25) is 0 Å². The molecular formula is C10H18N2O3S. The Morgan fingerprint density at radius 1 is 1.38 bits per heavy atom. The highest BCUT2D eigenvalue weighted by Crippen LogP contribution is 2.22. The van der Waals surface area contributed by atoms with Crippen LogP contribution in [0.25, 0.3) is 0 Å². The molecule has 0 aliphatic heterocycles. The monoisotopic (exact) mass is 246 g/mol. The molecule has 0 N–H and O–H groups in total. The zero-order chi connectivity index (χ0) is 12.3. The first-order valence-electron chi connectivity index (χ1n) is 5.13. The molecule has 0 bridgehead atoms. The SMILES string of the molecule is Cc1noc(C)c1N(C)CCCS(C)(=O)=O. The second-order valence-electron chi connectivity index (χ2n) is 4.08. The summed E-state index contributed by atoms with van der Waals surface area (Å²) < 4.78 is 27.0. The summed E-state index contributed by atoms with van der Waals surface area (Å²) in [5.74, 6) is 0.972. The molecule has 1 heterocycles. The van der Waals surface area contributed by atoms with Gasteiger partial charge in [-0.1, -0.05) is 5.16 Å². The van der Waals surface area contributed by atoms with Crippen LogP contribution in [-0.4, -0.2) is 39.2 Å². The van der Waals surface area contributed by atoms with Crippen molar-refractivity contribution in [2.24, 2.45) is 0 Å². The summed E-state index contributed by atoms with van der Waals surface area (Å²) >= 11 is 0. The minimum Gasteiger partial charge on any atom is -0.370 e. The zero-order valence-electron chi connectivity index (χ0n) is 10.1. The molecule has 5 nitrogen and oxygen atoms in total. The molecule has 0 spiro atoms. The largest absolute Gasteiger partial charge is 0.370 e. The van der Waals surface area contributed by atoms with Gasteiger partial charge in [-0.25, -0.2) is 8.42 Å². The van der Waals surface area contributed by atoms with Gasteiger partial charge in [-0.15, -0.1) is 0 Å². The zero-order valence-corrected chi connectivity index (χ0v) is 11.0. The normalized spacial score (nSPS) is 11.8. The summed E-state index contributed by atoms with van der Waals surface area (Å²) in [6.07, 6.45) is 1.86. The minimum atomic E-state index is -2.87. The van der Waals surface area contributed by atoms with E-state index in [1.165, 1.54) is 6.26 Å². The predicted molar refractivity (Wildman–Crippen MR) is 63.6 cm³/mol. The fourth-order valence-corrected chi connectivity index (χ4v) is 2.35. The smallest absolute Gasteiger partial charge is 0.157 e. The topological polar surface area (TPSA) is 63.4 Å². The van der Waals surface area contributed by atoms with Crippen LogP contribution in [-0.2, 0) is 9.84 Å². The molecule has 0 aliphatic carbocycles. The fraction of sp³-hybridized carbons (Fsp3) is 0.700. The van der Waals surface area contributed by atoms with Crippen molar-refractivity contribution in [1.82, 2.24) is 5.16 Å². The lowest BCUT2D eigenvalue weighted by Crippen LogP contribution is -2.21. The van der Waals surface area contributed by atoms with Gasteiger partial charge >= 0.3 is 0 Å². The maximum atomic E-state index is 11.0. The van der Waals surface area contributed by atoms with Gasteiger partial charge in [-0.05, 0) is 20.3 Å². The summed E-state index contributed by atoms with van der Waals surface area (Å²) in [7, 11) is -0.963.